The van der Waals surface area contributed by atoms with Crippen LogP contribution in [0.1, 0.15) is 44.2 Å². The fraction of sp³-hybridized carbons (Fsp3) is 0.429. The molecule has 1 atom stereocenters. The average Bonchev–Trinajstić information content (AvgIpc) is 2.88. The predicted octanol–water partition coefficient (Wildman–Crippen LogP) is 2.34. The normalized spacial score (nSPS) is 12.7. The van der Waals surface area contributed by atoms with Crippen LogP contribution in [0.4, 0.5) is 0 Å². The van der Waals surface area contributed by atoms with E-state index in [1.807, 2.05) is 25.3 Å². The third kappa shape index (κ3) is 2.93. The van der Waals surface area contributed by atoms with Gasteiger partial charge in [-0.05, 0) is 26.8 Å². The molecular formula is C14H19N3O2. The maximum Gasteiger partial charge on any atom is 0.137 e. The Morgan fingerprint density at radius 3 is 2.74 bits per heavy atom. The van der Waals surface area contributed by atoms with Gasteiger partial charge in [0, 0.05) is 17.8 Å². The Morgan fingerprint density at radius 1 is 1.26 bits per heavy atom. The summed E-state index contributed by atoms with van der Waals surface area (Å²) in [5, 5.41) is 10.4. The van der Waals surface area contributed by atoms with Crippen molar-refractivity contribution < 1.29 is 9.84 Å². The second-order valence-electron chi connectivity index (χ2n) is 4.61. The van der Waals surface area contributed by atoms with Gasteiger partial charge in [-0.2, -0.15) is 0 Å². The zero-order valence-electron chi connectivity index (χ0n) is 11.4. The molecule has 0 spiro atoms. The summed E-state index contributed by atoms with van der Waals surface area (Å²) in [6.07, 6.45) is 5.93. The van der Waals surface area contributed by atoms with Crippen LogP contribution in [0.15, 0.2) is 31.0 Å². The minimum Gasteiger partial charge on any atom is -0.492 e. The highest BCUT2D eigenvalue weighted by atomic mass is 16.5. The Balaban J connectivity index is 2.30. The van der Waals surface area contributed by atoms with E-state index >= 15 is 0 Å². The molecule has 0 amide bonds. The highest BCUT2D eigenvalue weighted by Gasteiger charge is 2.17. The number of pyridine rings is 1. The van der Waals surface area contributed by atoms with Crippen LogP contribution in [-0.4, -0.2) is 26.2 Å². The first-order chi connectivity index (χ1) is 9.13. The monoisotopic (exact) mass is 261 g/mol. The van der Waals surface area contributed by atoms with Crippen LogP contribution in [-0.2, 0) is 0 Å². The maximum absolute atomic E-state index is 10.4. The largest absolute Gasteiger partial charge is 0.492 e. The lowest BCUT2D eigenvalue weighted by Gasteiger charge is -2.17. The number of ether oxygens (including phenoxy) is 1. The zero-order valence-corrected chi connectivity index (χ0v) is 11.4. The molecule has 0 radical (unpaired) electrons. The van der Waals surface area contributed by atoms with E-state index in [0.717, 1.165) is 5.69 Å². The van der Waals surface area contributed by atoms with Gasteiger partial charge in [0.1, 0.15) is 11.9 Å². The van der Waals surface area contributed by atoms with E-state index in [9.17, 15) is 5.11 Å². The predicted molar refractivity (Wildman–Crippen MR) is 72.1 cm³/mol. The lowest BCUT2D eigenvalue weighted by molar-refractivity contribution is 0.206. The Kier molecular flexibility index (Phi) is 4.16. The van der Waals surface area contributed by atoms with Crippen molar-refractivity contribution in [2.75, 3.05) is 6.61 Å². The molecule has 19 heavy (non-hydrogen) atoms. The van der Waals surface area contributed by atoms with Crippen molar-refractivity contribution in [3.05, 3.63) is 42.2 Å². The fourth-order valence-electron chi connectivity index (χ4n) is 1.96. The first-order valence-electron chi connectivity index (χ1n) is 6.41. The van der Waals surface area contributed by atoms with Crippen LogP contribution >= 0.6 is 0 Å². The molecule has 0 aliphatic carbocycles. The molecule has 2 rings (SSSR count). The molecule has 0 aliphatic rings. The number of rotatable bonds is 5. The molecule has 0 bridgehead atoms. The van der Waals surface area contributed by atoms with Gasteiger partial charge in [-0.3, -0.25) is 4.98 Å². The SMILES string of the molecule is CCOc1cncc(C(O)c2cncn2C(C)C)c1. The molecule has 1 N–H and O–H groups in total. The van der Waals surface area contributed by atoms with Gasteiger partial charge < -0.3 is 14.4 Å². The van der Waals surface area contributed by atoms with Crippen LogP contribution in [0.5, 0.6) is 5.75 Å². The summed E-state index contributed by atoms with van der Waals surface area (Å²) in [5.41, 5.74) is 1.46. The van der Waals surface area contributed by atoms with Crippen molar-refractivity contribution in [3.8, 4) is 5.75 Å². The Labute approximate surface area is 112 Å². The highest BCUT2D eigenvalue weighted by molar-refractivity contribution is 5.29. The Bertz CT molecular complexity index is 537. The molecule has 0 fully saturated rings. The quantitative estimate of drug-likeness (QED) is 0.897. The topological polar surface area (TPSA) is 60.2 Å². The number of aromatic nitrogens is 3. The molecular weight excluding hydrogens is 242 g/mol. The molecule has 102 valence electrons. The summed E-state index contributed by atoms with van der Waals surface area (Å²) in [4.78, 5) is 8.19. The number of nitrogens with zero attached hydrogens (tertiary/aromatic N) is 3. The van der Waals surface area contributed by atoms with Crippen molar-refractivity contribution in [1.82, 2.24) is 14.5 Å². The summed E-state index contributed by atoms with van der Waals surface area (Å²) in [7, 11) is 0. The van der Waals surface area contributed by atoms with Crippen LogP contribution in [0.2, 0.25) is 0 Å². The molecule has 0 saturated carbocycles. The van der Waals surface area contributed by atoms with E-state index in [2.05, 4.69) is 9.97 Å². The first kappa shape index (κ1) is 13.5. The van der Waals surface area contributed by atoms with Crippen molar-refractivity contribution in [2.24, 2.45) is 0 Å². The van der Waals surface area contributed by atoms with Gasteiger partial charge in [-0.15, -0.1) is 0 Å². The third-order valence-corrected chi connectivity index (χ3v) is 2.89. The van der Waals surface area contributed by atoms with Gasteiger partial charge >= 0.3 is 0 Å². The van der Waals surface area contributed by atoms with E-state index in [-0.39, 0.29) is 6.04 Å². The molecule has 2 aromatic rings. The highest BCUT2D eigenvalue weighted by Crippen LogP contribution is 2.25. The fourth-order valence-corrected chi connectivity index (χ4v) is 1.96. The second kappa shape index (κ2) is 5.84. The minimum absolute atomic E-state index is 0.246. The van der Waals surface area contributed by atoms with Crippen molar-refractivity contribution >= 4 is 0 Å². The number of aliphatic hydroxyl groups excluding tert-OH is 1. The van der Waals surface area contributed by atoms with Crippen LogP contribution in [0.3, 0.4) is 0 Å². The average molecular weight is 261 g/mol. The molecule has 0 aromatic carbocycles. The summed E-state index contributed by atoms with van der Waals surface area (Å²) >= 11 is 0. The first-order valence-corrected chi connectivity index (χ1v) is 6.41. The van der Waals surface area contributed by atoms with E-state index in [1.54, 1.807) is 31.0 Å². The molecule has 2 aromatic heterocycles. The van der Waals surface area contributed by atoms with Crippen molar-refractivity contribution in [3.63, 3.8) is 0 Å². The van der Waals surface area contributed by atoms with E-state index in [1.165, 1.54) is 0 Å². The molecule has 1 unspecified atom stereocenters. The van der Waals surface area contributed by atoms with Gasteiger partial charge in [0.05, 0.1) is 31.0 Å². The number of aliphatic hydroxyl groups is 1. The van der Waals surface area contributed by atoms with Gasteiger partial charge in [-0.25, -0.2) is 4.98 Å². The van der Waals surface area contributed by atoms with Crippen LogP contribution in [0, 0.1) is 0 Å². The molecule has 2 heterocycles. The maximum atomic E-state index is 10.4. The molecule has 5 heteroatoms. The van der Waals surface area contributed by atoms with Gasteiger partial charge in [0.2, 0.25) is 0 Å². The van der Waals surface area contributed by atoms with Crippen LogP contribution < -0.4 is 4.74 Å². The third-order valence-electron chi connectivity index (χ3n) is 2.89. The Hall–Kier alpha value is -1.88. The number of imidazole rings is 1. The number of hydrogen-bond acceptors (Lipinski definition) is 4. The van der Waals surface area contributed by atoms with Gasteiger partial charge in [0.25, 0.3) is 0 Å². The zero-order chi connectivity index (χ0) is 13.8. The van der Waals surface area contributed by atoms with Crippen molar-refractivity contribution in [2.45, 2.75) is 32.9 Å². The summed E-state index contributed by atoms with van der Waals surface area (Å²) in [5.74, 6) is 0.662. The van der Waals surface area contributed by atoms with Crippen LogP contribution in [0.25, 0.3) is 0 Å². The summed E-state index contributed by atoms with van der Waals surface area (Å²) < 4.78 is 7.34. The summed E-state index contributed by atoms with van der Waals surface area (Å²) in [6, 6.07) is 2.05. The Morgan fingerprint density at radius 2 is 2.05 bits per heavy atom. The standard InChI is InChI=1S/C14H19N3O2/c1-4-19-12-5-11(6-15-7-12)14(18)13-8-16-9-17(13)10(2)3/h5-10,14,18H,4H2,1-3H3. The molecule has 0 aliphatic heterocycles. The summed E-state index contributed by atoms with van der Waals surface area (Å²) in [6.45, 7) is 6.58. The van der Waals surface area contributed by atoms with Crippen molar-refractivity contribution in [1.29, 1.82) is 0 Å². The molecule has 5 nitrogen and oxygen atoms in total. The number of hydrogen-bond donors (Lipinski definition) is 1. The van der Waals surface area contributed by atoms with Gasteiger partial charge in [0.15, 0.2) is 0 Å². The van der Waals surface area contributed by atoms with E-state index in [4.69, 9.17) is 4.74 Å². The van der Waals surface area contributed by atoms with E-state index < -0.39 is 6.10 Å². The van der Waals surface area contributed by atoms with Gasteiger partial charge in [-0.1, -0.05) is 0 Å². The lowest BCUT2D eigenvalue weighted by Crippen LogP contribution is -2.10. The lowest BCUT2D eigenvalue weighted by atomic mass is 10.1. The van der Waals surface area contributed by atoms with E-state index in [0.29, 0.717) is 17.9 Å². The molecule has 0 saturated heterocycles. The minimum atomic E-state index is -0.752. The smallest absolute Gasteiger partial charge is 0.137 e. The second-order valence-corrected chi connectivity index (χ2v) is 4.61.